The molecule has 0 bridgehead atoms. The molecule has 0 N–H and O–H groups in total. The fourth-order valence-electron chi connectivity index (χ4n) is 4.66. The standard InChI is InChI=1S/C29H30O3/c1-19(30)22-7-13-25(14-8-22)29(28(4,5)6,26-15-9-23(10-16-26)20(2)31)27-17-11-24(12-18-27)21(3)32/h7-18H,1-6H3. The third kappa shape index (κ3) is 4.08. The zero-order valence-electron chi connectivity index (χ0n) is 19.7. The van der Waals surface area contributed by atoms with E-state index >= 15 is 0 Å². The summed E-state index contributed by atoms with van der Waals surface area (Å²) in [5.41, 5.74) is 4.26. The Morgan fingerprint density at radius 3 is 0.844 bits per heavy atom. The zero-order valence-corrected chi connectivity index (χ0v) is 19.7. The lowest BCUT2D eigenvalue weighted by Crippen LogP contribution is -2.42. The van der Waals surface area contributed by atoms with Gasteiger partial charge in [-0.3, -0.25) is 14.4 Å². The molecule has 32 heavy (non-hydrogen) atoms. The van der Waals surface area contributed by atoms with Crippen LogP contribution in [0, 0.1) is 5.41 Å². The summed E-state index contributed by atoms with van der Waals surface area (Å²) in [7, 11) is 0. The molecule has 0 spiro atoms. The fourth-order valence-corrected chi connectivity index (χ4v) is 4.66. The van der Waals surface area contributed by atoms with Gasteiger partial charge in [0.1, 0.15) is 0 Å². The van der Waals surface area contributed by atoms with Crippen LogP contribution in [-0.2, 0) is 5.41 Å². The van der Waals surface area contributed by atoms with Crippen molar-refractivity contribution in [3.63, 3.8) is 0 Å². The van der Waals surface area contributed by atoms with Gasteiger partial charge in [0, 0.05) is 22.1 Å². The summed E-state index contributed by atoms with van der Waals surface area (Å²) in [4.78, 5) is 35.6. The van der Waals surface area contributed by atoms with Gasteiger partial charge < -0.3 is 0 Å². The average Bonchev–Trinajstić information content (AvgIpc) is 2.74. The lowest BCUT2D eigenvalue weighted by molar-refractivity contribution is 0.100. The van der Waals surface area contributed by atoms with Crippen molar-refractivity contribution in [2.45, 2.75) is 47.0 Å². The van der Waals surface area contributed by atoms with Crippen LogP contribution < -0.4 is 0 Å². The second-order valence-electron chi connectivity index (χ2n) is 9.40. The molecule has 0 aliphatic heterocycles. The summed E-state index contributed by atoms with van der Waals surface area (Å²) in [6, 6.07) is 23.3. The monoisotopic (exact) mass is 426 g/mol. The number of carbonyl (C=O) groups excluding carboxylic acids is 3. The Kier molecular flexibility index (Phi) is 6.32. The van der Waals surface area contributed by atoms with Crippen molar-refractivity contribution < 1.29 is 14.4 Å². The molecule has 3 aromatic rings. The first kappa shape index (κ1) is 23.3. The van der Waals surface area contributed by atoms with Crippen LogP contribution in [-0.4, -0.2) is 17.3 Å². The third-order valence-corrected chi connectivity index (χ3v) is 6.30. The maximum absolute atomic E-state index is 11.9. The molecule has 0 unspecified atom stereocenters. The van der Waals surface area contributed by atoms with Crippen molar-refractivity contribution in [2.75, 3.05) is 0 Å². The molecule has 3 rings (SSSR count). The average molecular weight is 427 g/mol. The molecule has 3 heteroatoms. The molecule has 0 saturated heterocycles. The van der Waals surface area contributed by atoms with Crippen LogP contribution in [0.2, 0.25) is 0 Å². The number of carbonyl (C=O) groups is 3. The van der Waals surface area contributed by atoms with Gasteiger partial charge in [-0.1, -0.05) is 93.6 Å². The van der Waals surface area contributed by atoms with E-state index in [9.17, 15) is 14.4 Å². The molecule has 164 valence electrons. The van der Waals surface area contributed by atoms with E-state index in [0.29, 0.717) is 16.7 Å². The number of rotatable bonds is 6. The minimum Gasteiger partial charge on any atom is -0.295 e. The Bertz CT molecular complexity index is 1000. The van der Waals surface area contributed by atoms with Gasteiger partial charge in [0.25, 0.3) is 0 Å². The van der Waals surface area contributed by atoms with E-state index in [0.717, 1.165) is 16.7 Å². The zero-order chi connectivity index (χ0) is 23.7. The minimum absolute atomic E-state index is 0.0227. The predicted octanol–water partition coefficient (Wildman–Crippen LogP) is 6.67. The van der Waals surface area contributed by atoms with Gasteiger partial charge in [-0.25, -0.2) is 0 Å². The molecular formula is C29H30O3. The van der Waals surface area contributed by atoms with E-state index in [-0.39, 0.29) is 22.8 Å². The lowest BCUT2D eigenvalue weighted by Gasteiger charge is -2.47. The molecule has 0 amide bonds. The summed E-state index contributed by atoms with van der Waals surface area (Å²) in [5.74, 6) is 0.0681. The van der Waals surface area contributed by atoms with Crippen molar-refractivity contribution in [1.82, 2.24) is 0 Å². The smallest absolute Gasteiger partial charge is 0.159 e. The fraction of sp³-hybridized carbons (Fsp3) is 0.276. The number of hydrogen-bond acceptors (Lipinski definition) is 3. The van der Waals surface area contributed by atoms with Gasteiger partial charge in [0.15, 0.2) is 17.3 Å². The Hall–Kier alpha value is -3.33. The molecule has 0 fully saturated rings. The summed E-state index contributed by atoms with van der Waals surface area (Å²) in [6.07, 6.45) is 0. The van der Waals surface area contributed by atoms with Crippen LogP contribution in [0.3, 0.4) is 0 Å². The van der Waals surface area contributed by atoms with Gasteiger partial charge in [-0.15, -0.1) is 0 Å². The second kappa shape index (κ2) is 8.66. The maximum atomic E-state index is 11.9. The summed E-state index contributed by atoms with van der Waals surface area (Å²) in [5, 5.41) is 0. The van der Waals surface area contributed by atoms with E-state index in [4.69, 9.17) is 0 Å². The molecule has 0 radical (unpaired) electrons. The Balaban J connectivity index is 2.36. The van der Waals surface area contributed by atoms with E-state index in [2.05, 4.69) is 20.8 Å². The summed E-state index contributed by atoms with van der Waals surface area (Å²) < 4.78 is 0. The highest BCUT2D eigenvalue weighted by Crippen LogP contribution is 2.51. The topological polar surface area (TPSA) is 51.2 Å². The van der Waals surface area contributed by atoms with Crippen LogP contribution >= 0.6 is 0 Å². The molecule has 0 aliphatic rings. The number of Topliss-reactive ketones (excluding diaryl/α,β-unsaturated/α-hetero) is 3. The van der Waals surface area contributed by atoms with E-state index < -0.39 is 5.41 Å². The first-order valence-electron chi connectivity index (χ1n) is 10.8. The Morgan fingerprint density at radius 1 is 0.469 bits per heavy atom. The molecule has 3 aromatic carbocycles. The number of ketones is 3. The first-order valence-corrected chi connectivity index (χ1v) is 10.8. The molecule has 0 saturated carbocycles. The van der Waals surface area contributed by atoms with Crippen molar-refractivity contribution in [2.24, 2.45) is 5.41 Å². The second-order valence-corrected chi connectivity index (χ2v) is 9.40. The van der Waals surface area contributed by atoms with E-state index in [1.807, 2.05) is 72.8 Å². The van der Waals surface area contributed by atoms with Crippen LogP contribution in [0.25, 0.3) is 0 Å². The normalized spacial score (nSPS) is 11.8. The van der Waals surface area contributed by atoms with Gasteiger partial charge >= 0.3 is 0 Å². The summed E-state index contributed by atoms with van der Waals surface area (Å²) >= 11 is 0. The number of hydrogen-bond donors (Lipinski definition) is 0. The van der Waals surface area contributed by atoms with Gasteiger partial charge in [0.05, 0.1) is 0 Å². The Labute approximate surface area is 190 Å². The number of benzene rings is 3. The van der Waals surface area contributed by atoms with Crippen molar-refractivity contribution in [1.29, 1.82) is 0 Å². The molecule has 3 nitrogen and oxygen atoms in total. The molecular weight excluding hydrogens is 396 g/mol. The van der Waals surface area contributed by atoms with Crippen molar-refractivity contribution in [3.05, 3.63) is 106 Å². The Morgan fingerprint density at radius 2 is 0.688 bits per heavy atom. The van der Waals surface area contributed by atoms with Crippen molar-refractivity contribution in [3.8, 4) is 0 Å². The van der Waals surface area contributed by atoms with E-state index in [1.54, 1.807) is 20.8 Å². The summed E-state index contributed by atoms with van der Waals surface area (Å²) in [6.45, 7) is 11.2. The molecule has 0 aromatic heterocycles. The van der Waals surface area contributed by atoms with Gasteiger partial charge in [-0.05, 0) is 42.9 Å². The quantitative estimate of drug-likeness (QED) is 0.326. The first-order chi connectivity index (χ1) is 15.0. The van der Waals surface area contributed by atoms with Crippen LogP contribution in [0.5, 0.6) is 0 Å². The predicted molar refractivity (Wildman–Crippen MR) is 129 cm³/mol. The minimum atomic E-state index is -0.576. The molecule has 0 heterocycles. The van der Waals surface area contributed by atoms with Crippen LogP contribution in [0.15, 0.2) is 72.8 Å². The highest BCUT2D eigenvalue weighted by molar-refractivity contribution is 5.95. The maximum Gasteiger partial charge on any atom is 0.159 e. The van der Waals surface area contributed by atoms with Crippen LogP contribution in [0.4, 0.5) is 0 Å². The highest BCUT2D eigenvalue weighted by Gasteiger charge is 2.46. The third-order valence-electron chi connectivity index (χ3n) is 6.30. The molecule has 0 aliphatic carbocycles. The van der Waals surface area contributed by atoms with E-state index in [1.165, 1.54) is 0 Å². The molecule has 0 atom stereocenters. The van der Waals surface area contributed by atoms with Crippen LogP contribution in [0.1, 0.15) is 89.3 Å². The largest absolute Gasteiger partial charge is 0.295 e. The lowest BCUT2D eigenvalue weighted by atomic mass is 9.55. The van der Waals surface area contributed by atoms with Gasteiger partial charge in [-0.2, -0.15) is 0 Å². The SMILES string of the molecule is CC(=O)c1ccc(C(c2ccc(C(C)=O)cc2)(c2ccc(C(C)=O)cc2)C(C)(C)C)cc1. The van der Waals surface area contributed by atoms with Gasteiger partial charge in [0.2, 0.25) is 0 Å². The highest BCUT2D eigenvalue weighted by atomic mass is 16.1. The van der Waals surface area contributed by atoms with Crippen molar-refractivity contribution >= 4 is 17.3 Å².